The average molecular weight is 481 g/mol. The number of allylic oxidation sites excluding steroid dienone is 3. The highest BCUT2D eigenvalue weighted by molar-refractivity contribution is 7.99. The Balaban J connectivity index is 1.99. The van der Waals surface area contributed by atoms with Crippen molar-refractivity contribution in [2.45, 2.75) is 44.4 Å². The number of non-ortho nitro benzene ring substituents is 1. The number of ketones is 1. The summed E-state index contributed by atoms with van der Waals surface area (Å²) < 4.78 is 0. The fourth-order valence-corrected chi connectivity index (χ4v) is 6.66. The third-order valence-electron chi connectivity index (χ3n) is 5.90. The molecule has 2 heterocycles. The summed E-state index contributed by atoms with van der Waals surface area (Å²) in [5, 5.41) is 23.6. The van der Waals surface area contributed by atoms with Gasteiger partial charge in [0, 0.05) is 39.6 Å². The monoisotopic (exact) mass is 480 g/mol. The number of thiophene rings is 1. The Labute approximate surface area is 200 Å². The standard InChI is InChI=1S/C24H24N4O3S2/c1-4-32-19-8-9-33-22(19)20-16(13-25)23(26)27(14-6-5-7-15(10-14)28(30)31)17-11-24(2,3)12-18(29)21(17)20/h5-10,20H,4,11-12,26H2,1-3H3. The van der Waals surface area contributed by atoms with Crippen LogP contribution in [-0.4, -0.2) is 16.5 Å². The normalized spacial score (nSPS) is 20.0. The Hall–Kier alpha value is -3.09. The van der Waals surface area contributed by atoms with Gasteiger partial charge in [-0.3, -0.25) is 19.8 Å². The van der Waals surface area contributed by atoms with Crippen LogP contribution in [0.15, 0.2) is 63.3 Å². The molecule has 0 bridgehead atoms. The van der Waals surface area contributed by atoms with Crippen LogP contribution in [0.2, 0.25) is 0 Å². The summed E-state index contributed by atoms with van der Waals surface area (Å²) in [6.07, 6.45) is 0.930. The zero-order valence-electron chi connectivity index (χ0n) is 18.6. The molecule has 0 saturated carbocycles. The maximum atomic E-state index is 13.6. The molecular formula is C24H24N4O3S2. The molecule has 1 atom stereocenters. The Bertz CT molecular complexity index is 1250. The van der Waals surface area contributed by atoms with Crippen molar-refractivity contribution in [2.75, 3.05) is 10.7 Å². The summed E-state index contributed by atoms with van der Waals surface area (Å²) >= 11 is 3.20. The van der Waals surface area contributed by atoms with Crippen LogP contribution in [0.25, 0.3) is 0 Å². The summed E-state index contributed by atoms with van der Waals surface area (Å²) in [5.74, 6) is 0.540. The van der Waals surface area contributed by atoms with Crippen molar-refractivity contribution < 1.29 is 9.72 Å². The maximum absolute atomic E-state index is 13.6. The van der Waals surface area contributed by atoms with E-state index in [9.17, 15) is 20.2 Å². The quantitative estimate of drug-likeness (QED) is 0.331. The Morgan fingerprint density at radius 3 is 2.79 bits per heavy atom. The number of thioether (sulfide) groups is 1. The molecule has 2 aliphatic rings. The van der Waals surface area contributed by atoms with Crippen LogP contribution in [0.5, 0.6) is 0 Å². The molecule has 2 N–H and O–H groups in total. The number of benzene rings is 1. The molecule has 1 aliphatic carbocycles. The van der Waals surface area contributed by atoms with Gasteiger partial charge >= 0.3 is 0 Å². The largest absolute Gasteiger partial charge is 0.384 e. The molecule has 0 fully saturated rings. The molecule has 33 heavy (non-hydrogen) atoms. The highest BCUT2D eigenvalue weighted by Crippen LogP contribution is 2.52. The first-order valence-electron chi connectivity index (χ1n) is 10.6. The lowest BCUT2D eigenvalue weighted by atomic mass is 9.69. The minimum atomic E-state index is -0.530. The second-order valence-electron chi connectivity index (χ2n) is 8.84. The lowest BCUT2D eigenvalue weighted by Crippen LogP contribution is -2.42. The van der Waals surface area contributed by atoms with Gasteiger partial charge in [0.25, 0.3) is 5.69 Å². The zero-order chi connectivity index (χ0) is 23.9. The lowest BCUT2D eigenvalue weighted by Gasteiger charge is -2.43. The number of rotatable bonds is 5. The SMILES string of the molecule is CCSc1ccsc1C1C(C#N)=C(N)N(c2cccc([N+](=O)[O-])c2)C2=C1C(=O)CC(C)(C)C2. The fraction of sp³-hybridized carbons (Fsp3) is 0.333. The van der Waals surface area contributed by atoms with Crippen molar-refractivity contribution in [3.63, 3.8) is 0 Å². The van der Waals surface area contributed by atoms with E-state index in [1.165, 1.54) is 23.5 Å². The molecule has 2 aromatic rings. The van der Waals surface area contributed by atoms with Gasteiger partial charge in [0.1, 0.15) is 5.82 Å². The van der Waals surface area contributed by atoms with E-state index in [-0.39, 0.29) is 22.7 Å². The van der Waals surface area contributed by atoms with Gasteiger partial charge in [0.2, 0.25) is 0 Å². The Kier molecular flexibility index (Phi) is 6.08. The van der Waals surface area contributed by atoms with Gasteiger partial charge in [-0.05, 0) is 35.1 Å². The maximum Gasteiger partial charge on any atom is 0.271 e. The van der Waals surface area contributed by atoms with Crippen molar-refractivity contribution in [3.8, 4) is 6.07 Å². The van der Waals surface area contributed by atoms with Gasteiger partial charge in [-0.2, -0.15) is 5.26 Å². The van der Waals surface area contributed by atoms with E-state index in [2.05, 4.69) is 13.0 Å². The van der Waals surface area contributed by atoms with Crippen LogP contribution >= 0.6 is 23.1 Å². The van der Waals surface area contributed by atoms with E-state index in [1.807, 2.05) is 25.3 Å². The van der Waals surface area contributed by atoms with Crippen LogP contribution in [-0.2, 0) is 4.79 Å². The summed E-state index contributed by atoms with van der Waals surface area (Å²) in [6, 6.07) is 10.4. The number of nitrogens with zero attached hydrogens (tertiary/aromatic N) is 3. The third-order valence-corrected chi connectivity index (χ3v) is 7.97. The molecule has 1 aromatic heterocycles. The first-order chi connectivity index (χ1) is 15.7. The van der Waals surface area contributed by atoms with Crippen molar-refractivity contribution >= 4 is 40.3 Å². The summed E-state index contributed by atoms with van der Waals surface area (Å²) in [7, 11) is 0. The molecule has 1 unspecified atom stereocenters. The van der Waals surface area contributed by atoms with Crippen LogP contribution in [0.1, 0.15) is 44.4 Å². The van der Waals surface area contributed by atoms with Crippen LogP contribution in [0, 0.1) is 26.9 Å². The van der Waals surface area contributed by atoms with Crippen molar-refractivity contribution in [3.05, 3.63) is 73.4 Å². The van der Waals surface area contributed by atoms with Gasteiger partial charge in [-0.15, -0.1) is 23.1 Å². The van der Waals surface area contributed by atoms with E-state index in [4.69, 9.17) is 5.73 Å². The molecule has 7 nitrogen and oxygen atoms in total. The molecule has 170 valence electrons. The van der Waals surface area contributed by atoms with Gasteiger partial charge < -0.3 is 5.73 Å². The minimum Gasteiger partial charge on any atom is -0.384 e. The smallest absolute Gasteiger partial charge is 0.271 e. The van der Waals surface area contributed by atoms with Crippen LogP contribution < -0.4 is 10.6 Å². The molecule has 0 amide bonds. The van der Waals surface area contributed by atoms with Gasteiger partial charge in [0.05, 0.1) is 28.2 Å². The number of anilines is 1. The van der Waals surface area contributed by atoms with Gasteiger partial charge in [-0.25, -0.2) is 0 Å². The number of nitrogens with two attached hydrogens (primary N) is 1. The summed E-state index contributed by atoms with van der Waals surface area (Å²) in [4.78, 5) is 28.2. The number of carbonyl (C=O) groups is 1. The molecule has 1 aromatic carbocycles. The highest BCUT2D eigenvalue weighted by Gasteiger charge is 2.45. The molecule has 4 rings (SSSR count). The topological polar surface area (TPSA) is 113 Å². The highest BCUT2D eigenvalue weighted by atomic mass is 32.2. The summed E-state index contributed by atoms with van der Waals surface area (Å²) in [6.45, 7) is 6.11. The first-order valence-corrected chi connectivity index (χ1v) is 12.5. The van der Waals surface area contributed by atoms with E-state index in [0.29, 0.717) is 29.7 Å². The predicted octanol–water partition coefficient (Wildman–Crippen LogP) is 5.71. The van der Waals surface area contributed by atoms with Gasteiger partial charge in [0.15, 0.2) is 5.78 Å². The second kappa shape index (κ2) is 8.69. The van der Waals surface area contributed by atoms with Gasteiger partial charge in [-0.1, -0.05) is 26.8 Å². The van der Waals surface area contributed by atoms with Crippen LogP contribution in [0.4, 0.5) is 11.4 Å². The molecule has 1 aliphatic heterocycles. The van der Waals surface area contributed by atoms with E-state index < -0.39 is 10.8 Å². The summed E-state index contributed by atoms with van der Waals surface area (Å²) in [5.41, 5.74) is 8.30. The Morgan fingerprint density at radius 2 is 2.12 bits per heavy atom. The van der Waals surface area contributed by atoms with E-state index in [1.54, 1.807) is 28.8 Å². The molecule has 0 saturated heterocycles. The number of hydrogen-bond acceptors (Lipinski definition) is 8. The third kappa shape index (κ3) is 4.05. The number of nitro benzene ring substituents is 1. The average Bonchev–Trinajstić information content (AvgIpc) is 3.20. The number of carbonyl (C=O) groups excluding carboxylic acids is 1. The second-order valence-corrected chi connectivity index (χ2v) is 11.1. The lowest BCUT2D eigenvalue weighted by molar-refractivity contribution is -0.384. The minimum absolute atomic E-state index is 0.0113. The number of nitro groups is 1. The van der Waals surface area contributed by atoms with Crippen molar-refractivity contribution in [1.82, 2.24) is 0 Å². The van der Waals surface area contributed by atoms with E-state index in [0.717, 1.165) is 21.2 Å². The number of Topliss-reactive ketones (excluding diaryl/α,β-unsaturated/α-hetero) is 1. The molecular weight excluding hydrogens is 456 g/mol. The zero-order valence-corrected chi connectivity index (χ0v) is 20.3. The number of nitriles is 1. The molecule has 0 spiro atoms. The molecule has 9 heteroatoms. The van der Waals surface area contributed by atoms with Crippen LogP contribution in [0.3, 0.4) is 0 Å². The fourth-order valence-electron chi connectivity index (χ4n) is 4.61. The predicted molar refractivity (Wildman–Crippen MR) is 131 cm³/mol. The first kappa shape index (κ1) is 23.1. The molecule has 0 radical (unpaired) electrons. The Morgan fingerprint density at radius 1 is 1.36 bits per heavy atom. The number of hydrogen-bond donors (Lipinski definition) is 1. The van der Waals surface area contributed by atoms with E-state index >= 15 is 0 Å². The van der Waals surface area contributed by atoms with Crippen molar-refractivity contribution in [2.24, 2.45) is 11.1 Å². The van der Waals surface area contributed by atoms with Crippen molar-refractivity contribution in [1.29, 1.82) is 5.26 Å².